The van der Waals surface area contributed by atoms with Crippen molar-refractivity contribution in [3.8, 4) is 0 Å². The molecule has 1 aliphatic heterocycles. The van der Waals surface area contributed by atoms with Gasteiger partial charge in [-0.15, -0.1) is 0 Å². The zero-order valence-corrected chi connectivity index (χ0v) is 17.1. The number of amides is 2. The van der Waals surface area contributed by atoms with E-state index in [2.05, 4.69) is 22.5 Å². The summed E-state index contributed by atoms with van der Waals surface area (Å²) in [6, 6.07) is 19.7. The van der Waals surface area contributed by atoms with Crippen LogP contribution in [0.4, 0.5) is 5.82 Å². The number of nitrogens with one attached hydrogen (secondary N) is 1. The number of carbonyl (C=O) groups is 2. The van der Waals surface area contributed by atoms with E-state index in [1.54, 1.807) is 11.1 Å². The van der Waals surface area contributed by atoms with Crippen LogP contribution in [0.5, 0.6) is 0 Å². The summed E-state index contributed by atoms with van der Waals surface area (Å²) in [6.45, 7) is 3.12. The maximum Gasteiger partial charge on any atom is 0.251 e. The van der Waals surface area contributed by atoms with Crippen LogP contribution in [-0.2, 0) is 24.3 Å². The number of hydrogen-bond donors (Lipinski definition) is 1. The van der Waals surface area contributed by atoms with E-state index >= 15 is 0 Å². The molecule has 1 N–H and O–H groups in total. The SMILES string of the molecule is C[C@@H](CCc1ccccc1)NC(=O)c1ccc(CN2C(=O)CCn3nccc32)cc1. The molecule has 1 aromatic heterocycles. The Labute approximate surface area is 176 Å². The zero-order chi connectivity index (χ0) is 20.9. The van der Waals surface area contributed by atoms with Crippen molar-refractivity contribution in [1.29, 1.82) is 0 Å². The van der Waals surface area contributed by atoms with Gasteiger partial charge in [-0.2, -0.15) is 5.10 Å². The van der Waals surface area contributed by atoms with Crippen molar-refractivity contribution >= 4 is 17.6 Å². The Hall–Kier alpha value is -3.41. The summed E-state index contributed by atoms with van der Waals surface area (Å²) >= 11 is 0. The van der Waals surface area contributed by atoms with Gasteiger partial charge in [-0.25, -0.2) is 4.68 Å². The summed E-state index contributed by atoms with van der Waals surface area (Å²) in [5, 5.41) is 7.32. The standard InChI is InChI=1S/C24H26N4O2/c1-18(7-8-19-5-3-2-4-6-19)26-24(30)21-11-9-20(10-12-21)17-27-22-13-15-25-28(22)16-14-23(27)29/h2-6,9-13,15,18H,7-8,14,16-17H2,1H3,(H,26,30)/t18-/m0/s1. The van der Waals surface area contributed by atoms with Crippen molar-refractivity contribution < 1.29 is 9.59 Å². The number of aromatic nitrogens is 2. The summed E-state index contributed by atoms with van der Waals surface area (Å²) in [6.07, 6.45) is 3.99. The minimum absolute atomic E-state index is 0.0748. The van der Waals surface area contributed by atoms with Gasteiger partial charge in [0.05, 0.1) is 19.3 Å². The molecule has 0 saturated heterocycles. The summed E-state index contributed by atoms with van der Waals surface area (Å²) in [4.78, 5) is 26.6. The molecular formula is C24H26N4O2. The van der Waals surface area contributed by atoms with Crippen molar-refractivity contribution in [2.24, 2.45) is 0 Å². The molecule has 3 aromatic rings. The van der Waals surface area contributed by atoms with E-state index in [0.717, 1.165) is 24.2 Å². The van der Waals surface area contributed by atoms with Gasteiger partial charge < -0.3 is 5.32 Å². The van der Waals surface area contributed by atoms with Gasteiger partial charge >= 0.3 is 0 Å². The van der Waals surface area contributed by atoms with Gasteiger partial charge in [0.25, 0.3) is 5.91 Å². The highest BCUT2D eigenvalue weighted by molar-refractivity contribution is 5.95. The first-order chi connectivity index (χ1) is 14.6. The van der Waals surface area contributed by atoms with E-state index in [1.807, 2.05) is 60.1 Å². The number of benzene rings is 2. The Morgan fingerprint density at radius 2 is 1.83 bits per heavy atom. The van der Waals surface area contributed by atoms with Gasteiger partial charge in [0.2, 0.25) is 5.91 Å². The van der Waals surface area contributed by atoms with Crippen LogP contribution in [0.25, 0.3) is 0 Å². The van der Waals surface area contributed by atoms with Crippen LogP contribution in [0.1, 0.15) is 41.3 Å². The van der Waals surface area contributed by atoms with Crippen LogP contribution in [0, 0.1) is 0 Å². The molecule has 1 aliphatic rings. The molecule has 0 bridgehead atoms. The first-order valence-corrected chi connectivity index (χ1v) is 10.4. The second-order valence-corrected chi connectivity index (χ2v) is 7.74. The van der Waals surface area contributed by atoms with Crippen molar-refractivity contribution in [1.82, 2.24) is 15.1 Å². The van der Waals surface area contributed by atoms with Gasteiger partial charge in [-0.05, 0) is 43.0 Å². The van der Waals surface area contributed by atoms with E-state index in [4.69, 9.17) is 0 Å². The highest BCUT2D eigenvalue weighted by atomic mass is 16.2. The quantitative estimate of drug-likeness (QED) is 0.657. The molecule has 154 valence electrons. The highest BCUT2D eigenvalue weighted by Gasteiger charge is 2.24. The minimum Gasteiger partial charge on any atom is -0.350 e. The maximum absolute atomic E-state index is 12.6. The number of carbonyl (C=O) groups excluding carboxylic acids is 2. The Bertz CT molecular complexity index is 1010. The molecule has 6 nitrogen and oxygen atoms in total. The summed E-state index contributed by atoms with van der Waals surface area (Å²) in [5.41, 5.74) is 2.88. The largest absolute Gasteiger partial charge is 0.350 e. The van der Waals surface area contributed by atoms with Gasteiger partial charge in [-0.1, -0.05) is 42.5 Å². The Kier molecular flexibility index (Phi) is 5.93. The Morgan fingerprint density at radius 3 is 2.60 bits per heavy atom. The van der Waals surface area contributed by atoms with Crippen LogP contribution in [0.3, 0.4) is 0 Å². The molecule has 0 radical (unpaired) electrons. The maximum atomic E-state index is 12.6. The van der Waals surface area contributed by atoms with E-state index in [-0.39, 0.29) is 17.9 Å². The lowest BCUT2D eigenvalue weighted by atomic mass is 10.1. The van der Waals surface area contributed by atoms with Gasteiger partial charge in [-0.3, -0.25) is 14.5 Å². The fourth-order valence-electron chi connectivity index (χ4n) is 3.71. The first kappa shape index (κ1) is 19.9. The van der Waals surface area contributed by atoms with Gasteiger partial charge in [0.1, 0.15) is 5.82 Å². The smallest absolute Gasteiger partial charge is 0.251 e. The van der Waals surface area contributed by atoms with Crippen LogP contribution >= 0.6 is 0 Å². The van der Waals surface area contributed by atoms with E-state index < -0.39 is 0 Å². The average Bonchev–Trinajstić information content (AvgIpc) is 3.24. The van der Waals surface area contributed by atoms with E-state index in [1.165, 1.54) is 5.56 Å². The van der Waals surface area contributed by atoms with E-state index in [9.17, 15) is 9.59 Å². The molecule has 2 amide bonds. The summed E-state index contributed by atoms with van der Waals surface area (Å²) in [5.74, 6) is 0.839. The second kappa shape index (κ2) is 8.95. The monoisotopic (exact) mass is 402 g/mol. The summed E-state index contributed by atoms with van der Waals surface area (Å²) in [7, 11) is 0. The van der Waals surface area contributed by atoms with Crippen molar-refractivity contribution in [2.45, 2.75) is 45.3 Å². The van der Waals surface area contributed by atoms with Crippen molar-refractivity contribution in [3.63, 3.8) is 0 Å². The average molecular weight is 402 g/mol. The molecule has 0 spiro atoms. The molecule has 0 saturated carbocycles. The lowest BCUT2D eigenvalue weighted by Crippen LogP contribution is -2.37. The topological polar surface area (TPSA) is 67.2 Å². The predicted molar refractivity (Wildman–Crippen MR) is 116 cm³/mol. The normalized spacial score (nSPS) is 14.3. The molecule has 0 fully saturated rings. The third-order valence-electron chi connectivity index (χ3n) is 5.45. The number of nitrogens with zero attached hydrogens (tertiary/aromatic N) is 3. The lowest BCUT2D eigenvalue weighted by Gasteiger charge is -2.27. The first-order valence-electron chi connectivity index (χ1n) is 10.4. The zero-order valence-electron chi connectivity index (χ0n) is 17.1. The van der Waals surface area contributed by atoms with Crippen molar-refractivity contribution in [2.75, 3.05) is 4.90 Å². The Morgan fingerprint density at radius 1 is 1.07 bits per heavy atom. The highest BCUT2D eigenvalue weighted by Crippen LogP contribution is 2.23. The fraction of sp³-hybridized carbons (Fsp3) is 0.292. The third kappa shape index (κ3) is 4.59. The van der Waals surface area contributed by atoms with Crippen LogP contribution in [0.2, 0.25) is 0 Å². The van der Waals surface area contributed by atoms with Gasteiger partial charge in [0, 0.05) is 24.1 Å². The molecular weight excluding hydrogens is 376 g/mol. The number of rotatable bonds is 7. The predicted octanol–water partition coefficient (Wildman–Crippen LogP) is 3.57. The lowest BCUT2D eigenvalue weighted by molar-refractivity contribution is -0.119. The summed E-state index contributed by atoms with van der Waals surface area (Å²) < 4.78 is 1.85. The molecule has 2 aromatic carbocycles. The van der Waals surface area contributed by atoms with Gasteiger partial charge in [0.15, 0.2) is 0 Å². The third-order valence-corrected chi connectivity index (χ3v) is 5.45. The number of anilines is 1. The molecule has 2 heterocycles. The van der Waals surface area contributed by atoms with E-state index in [0.29, 0.717) is 25.1 Å². The van der Waals surface area contributed by atoms with Crippen LogP contribution in [-0.4, -0.2) is 27.6 Å². The van der Waals surface area contributed by atoms with Crippen LogP contribution < -0.4 is 10.2 Å². The molecule has 6 heteroatoms. The second-order valence-electron chi connectivity index (χ2n) is 7.74. The molecule has 0 unspecified atom stereocenters. The molecule has 1 atom stereocenters. The molecule has 0 aliphatic carbocycles. The Balaban J connectivity index is 1.33. The fourth-order valence-corrected chi connectivity index (χ4v) is 3.71. The number of fused-ring (bicyclic) bond motifs is 1. The number of hydrogen-bond acceptors (Lipinski definition) is 3. The molecule has 30 heavy (non-hydrogen) atoms. The number of aryl methyl sites for hydroxylation is 2. The van der Waals surface area contributed by atoms with Crippen molar-refractivity contribution in [3.05, 3.63) is 83.6 Å². The minimum atomic E-state index is -0.0748. The molecule has 4 rings (SSSR count). The van der Waals surface area contributed by atoms with Crippen LogP contribution in [0.15, 0.2) is 66.9 Å².